The maximum Gasteiger partial charge on any atom is 0.234 e. The minimum absolute atomic E-state index is 0.145. The lowest BCUT2D eigenvalue weighted by Gasteiger charge is -2.19. The van der Waals surface area contributed by atoms with Crippen LogP contribution >= 0.6 is 0 Å². The van der Waals surface area contributed by atoms with Gasteiger partial charge in [-0.2, -0.15) is 0 Å². The Balaban J connectivity index is 2.08. The monoisotopic (exact) mass is 212 g/mol. The number of nitrogens with one attached hydrogen (secondary N) is 2. The number of rotatable bonds is 4. The first-order valence-corrected chi connectivity index (χ1v) is 5.97. The summed E-state index contributed by atoms with van der Waals surface area (Å²) in [6.07, 6.45) is 4.84. The average molecular weight is 212 g/mol. The molecule has 1 aliphatic carbocycles. The Bertz CT molecular complexity index is 202. The highest BCUT2D eigenvalue weighted by molar-refractivity contribution is 5.78. The highest BCUT2D eigenvalue weighted by Gasteiger charge is 2.17. The number of hydrogen-bond donors (Lipinski definition) is 2. The molecule has 1 fully saturated rings. The molecule has 0 saturated heterocycles. The summed E-state index contributed by atoms with van der Waals surface area (Å²) in [7, 11) is 0. The zero-order valence-corrected chi connectivity index (χ0v) is 10.2. The van der Waals surface area contributed by atoms with E-state index in [1.807, 2.05) is 0 Å². The van der Waals surface area contributed by atoms with Crippen LogP contribution in [-0.4, -0.2) is 25.0 Å². The number of carbonyl (C=O) groups excluding carboxylic acids is 1. The van der Waals surface area contributed by atoms with Gasteiger partial charge in [0.1, 0.15) is 0 Å². The van der Waals surface area contributed by atoms with Crippen molar-refractivity contribution >= 4 is 5.91 Å². The maximum atomic E-state index is 11.5. The summed E-state index contributed by atoms with van der Waals surface area (Å²) in [6, 6.07) is 0.439. The van der Waals surface area contributed by atoms with E-state index < -0.39 is 0 Å². The Kier molecular flexibility index (Phi) is 4.58. The van der Waals surface area contributed by atoms with Gasteiger partial charge in [0, 0.05) is 12.6 Å². The van der Waals surface area contributed by atoms with E-state index >= 15 is 0 Å². The summed E-state index contributed by atoms with van der Waals surface area (Å²) in [4.78, 5) is 11.5. The van der Waals surface area contributed by atoms with Crippen LogP contribution in [0.3, 0.4) is 0 Å². The minimum atomic E-state index is 0.145. The number of amides is 1. The first-order chi connectivity index (χ1) is 6.97. The van der Waals surface area contributed by atoms with Crippen molar-refractivity contribution in [3.05, 3.63) is 0 Å². The largest absolute Gasteiger partial charge is 0.352 e. The Morgan fingerprint density at radius 1 is 1.27 bits per heavy atom. The summed E-state index contributed by atoms with van der Waals surface area (Å²) < 4.78 is 0. The van der Waals surface area contributed by atoms with Crippen LogP contribution in [0.5, 0.6) is 0 Å². The fourth-order valence-electron chi connectivity index (χ4n) is 1.90. The maximum absolute atomic E-state index is 11.5. The van der Waals surface area contributed by atoms with Crippen LogP contribution in [0.15, 0.2) is 0 Å². The van der Waals surface area contributed by atoms with Gasteiger partial charge in [0.25, 0.3) is 0 Å². The Morgan fingerprint density at radius 3 is 2.40 bits per heavy atom. The van der Waals surface area contributed by atoms with E-state index in [1.165, 1.54) is 12.8 Å². The first kappa shape index (κ1) is 12.5. The van der Waals surface area contributed by atoms with Crippen molar-refractivity contribution in [1.29, 1.82) is 0 Å². The SMILES string of the molecule is CC(C)(C)CNCC(=O)NC1CCCC1. The van der Waals surface area contributed by atoms with Gasteiger partial charge in [-0.05, 0) is 18.3 Å². The lowest BCUT2D eigenvalue weighted by Crippen LogP contribution is -2.41. The molecule has 0 aliphatic heterocycles. The second-order valence-electron chi connectivity index (χ2n) is 5.71. The van der Waals surface area contributed by atoms with Crippen LogP contribution < -0.4 is 10.6 Å². The summed E-state index contributed by atoms with van der Waals surface area (Å²) in [5.41, 5.74) is 0.244. The Labute approximate surface area is 93.0 Å². The van der Waals surface area contributed by atoms with Crippen LogP contribution in [-0.2, 0) is 4.79 Å². The third kappa shape index (κ3) is 5.78. The second kappa shape index (κ2) is 5.50. The molecule has 3 nitrogen and oxygen atoms in total. The lowest BCUT2D eigenvalue weighted by molar-refractivity contribution is -0.120. The Morgan fingerprint density at radius 2 is 1.87 bits per heavy atom. The molecule has 1 amide bonds. The fourth-order valence-corrected chi connectivity index (χ4v) is 1.90. The average Bonchev–Trinajstić information content (AvgIpc) is 2.54. The number of carbonyl (C=O) groups is 1. The van der Waals surface area contributed by atoms with Crippen LogP contribution in [0.25, 0.3) is 0 Å². The third-order valence-corrected chi connectivity index (χ3v) is 2.66. The molecule has 0 aromatic heterocycles. The van der Waals surface area contributed by atoms with E-state index in [-0.39, 0.29) is 11.3 Å². The summed E-state index contributed by atoms with van der Waals surface area (Å²) >= 11 is 0. The molecule has 0 spiro atoms. The van der Waals surface area contributed by atoms with Crippen molar-refractivity contribution in [3.63, 3.8) is 0 Å². The van der Waals surface area contributed by atoms with E-state index in [0.717, 1.165) is 19.4 Å². The van der Waals surface area contributed by atoms with E-state index in [2.05, 4.69) is 31.4 Å². The summed E-state index contributed by atoms with van der Waals surface area (Å²) in [6.45, 7) is 7.82. The minimum Gasteiger partial charge on any atom is -0.352 e. The van der Waals surface area contributed by atoms with E-state index in [0.29, 0.717) is 12.6 Å². The van der Waals surface area contributed by atoms with Crippen molar-refractivity contribution in [3.8, 4) is 0 Å². The van der Waals surface area contributed by atoms with Crippen molar-refractivity contribution in [2.24, 2.45) is 5.41 Å². The molecule has 0 atom stereocenters. The van der Waals surface area contributed by atoms with Crippen LogP contribution in [0, 0.1) is 5.41 Å². The molecule has 0 heterocycles. The lowest BCUT2D eigenvalue weighted by atomic mass is 9.97. The quantitative estimate of drug-likeness (QED) is 0.744. The van der Waals surface area contributed by atoms with Gasteiger partial charge in [0.2, 0.25) is 5.91 Å². The van der Waals surface area contributed by atoms with E-state index in [4.69, 9.17) is 0 Å². The molecule has 1 aliphatic rings. The van der Waals surface area contributed by atoms with Crippen molar-refractivity contribution < 1.29 is 4.79 Å². The smallest absolute Gasteiger partial charge is 0.234 e. The molecule has 1 rings (SSSR count). The van der Waals surface area contributed by atoms with Crippen LogP contribution in [0.4, 0.5) is 0 Å². The highest BCUT2D eigenvalue weighted by Crippen LogP contribution is 2.17. The zero-order valence-electron chi connectivity index (χ0n) is 10.2. The second-order valence-corrected chi connectivity index (χ2v) is 5.71. The van der Waals surface area contributed by atoms with Gasteiger partial charge in [0.05, 0.1) is 6.54 Å². The molecule has 0 aromatic rings. The van der Waals surface area contributed by atoms with Gasteiger partial charge in [-0.1, -0.05) is 33.6 Å². The molecular weight excluding hydrogens is 188 g/mol. The molecule has 0 unspecified atom stereocenters. The molecule has 3 heteroatoms. The third-order valence-electron chi connectivity index (χ3n) is 2.66. The topological polar surface area (TPSA) is 41.1 Å². The normalized spacial score (nSPS) is 18.1. The van der Waals surface area contributed by atoms with Gasteiger partial charge in [-0.3, -0.25) is 4.79 Å². The standard InChI is InChI=1S/C12H24N2O/c1-12(2,3)9-13-8-11(15)14-10-6-4-5-7-10/h10,13H,4-9H2,1-3H3,(H,14,15). The molecule has 0 radical (unpaired) electrons. The van der Waals surface area contributed by atoms with E-state index in [9.17, 15) is 4.79 Å². The Hall–Kier alpha value is -0.570. The molecule has 15 heavy (non-hydrogen) atoms. The van der Waals surface area contributed by atoms with Crippen LogP contribution in [0.1, 0.15) is 46.5 Å². The number of hydrogen-bond acceptors (Lipinski definition) is 2. The molecule has 1 saturated carbocycles. The van der Waals surface area contributed by atoms with Gasteiger partial charge in [0.15, 0.2) is 0 Å². The molecule has 2 N–H and O–H groups in total. The van der Waals surface area contributed by atoms with Crippen molar-refractivity contribution in [1.82, 2.24) is 10.6 Å². The van der Waals surface area contributed by atoms with E-state index in [1.54, 1.807) is 0 Å². The predicted octanol–water partition coefficient (Wildman–Crippen LogP) is 1.68. The molecule has 0 aromatic carbocycles. The van der Waals surface area contributed by atoms with Gasteiger partial charge in [-0.15, -0.1) is 0 Å². The van der Waals surface area contributed by atoms with Gasteiger partial charge in [-0.25, -0.2) is 0 Å². The van der Waals surface area contributed by atoms with Crippen molar-refractivity contribution in [2.75, 3.05) is 13.1 Å². The molecule has 0 bridgehead atoms. The highest BCUT2D eigenvalue weighted by atomic mass is 16.1. The summed E-state index contributed by atoms with van der Waals surface area (Å²) in [5, 5.41) is 6.25. The van der Waals surface area contributed by atoms with Gasteiger partial charge >= 0.3 is 0 Å². The predicted molar refractivity (Wildman–Crippen MR) is 62.7 cm³/mol. The fraction of sp³-hybridized carbons (Fsp3) is 0.917. The summed E-state index contributed by atoms with van der Waals surface area (Å²) in [5.74, 6) is 0.145. The molecular formula is C12H24N2O. The first-order valence-electron chi connectivity index (χ1n) is 5.97. The van der Waals surface area contributed by atoms with Crippen LogP contribution in [0.2, 0.25) is 0 Å². The molecule has 88 valence electrons. The van der Waals surface area contributed by atoms with Gasteiger partial charge < -0.3 is 10.6 Å². The van der Waals surface area contributed by atoms with Crippen molar-refractivity contribution in [2.45, 2.75) is 52.5 Å². The zero-order chi connectivity index (χ0) is 11.3.